The average molecular weight is 319 g/mol. The molecule has 0 radical (unpaired) electrons. The first-order chi connectivity index (χ1) is 5.41. The van der Waals surface area contributed by atoms with Crippen LogP contribution in [-0.2, 0) is 11.8 Å². The second kappa shape index (κ2) is 4.46. The van der Waals surface area contributed by atoms with Crippen molar-refractivity contribution in [3.63, 3.8) is 0 Å². The van der Waals surface area contributed by atoms with Crippen LogP contribution in [0.25, 0.3) is 0 Å². The molecule has 0 N–H and O–H groups in total. The van der Waals surface area contributed by atoms with Gasteiger partial charge in [0.2, 0.25) is 0 Å². The lowest BCUT2D eigenvalue weighted by Crippen LogP contribution is -1.56. The summed E-state index contributed by atoms with van der Waals surface area (Å²) in [5.74, 6) is 0. The molecule has 0 atom stereocenters. The van der Waals surface area contributed by atoms with Gasteiger partial charge in [-0.2, -0.15) is 12.6 Å². The molecule has 0 amide bonds. The normalized spacial score (nSPS) is 14.1. The fraction of sp³-hybridized carbons (Fsp3) is 0. The van der Waals surface area contributed by atoms with Crippen LogP contribution in [0.3, 0.4) is 0 Å². The van der Waals surface area contributed by atoms with Crippen molar-refractivity contribution in [2.45, 2.75) is 0 Å². The third-order valence-corrected chi connectivity index (χ3v) is 5.66. The molecule has 0 saturated carbocycles. The van der Waals surface area contributed by atoms with Gasteiger partial charge in [-0.15, -0.1) is 17.4 Å². The molecule has 2 nitrogen and oxygen atoms in total. The van der Waals surface area contributed by atoms with Crippen molar-refractivity contribution in [2.75, 3.05) is 0 Å². The molecule has 0 fully saturated rings. The van der Waals surface area contributed by atoms with Gasteiger partial charge >= 0.3 is 20.7 Å². The van der Waals surface area contributed by atoms with Crippen molar-refractivity contribution in [1.29, 1.82) is 0 Å². The number of rotatable bonds is 2. The zero-order valence-corrected chi connectivity index (χ0v) is 10.3. The Labute approximate surface area is 85.2 Å². The Morgan fingerprint density at radius 1 is 0.923 bits per heavy atom. The van der Waals surface area contributed by atoms with E-state index in [1.165, 1.54) is 0 Å². The topological polar surface area (TPSA) is 24.7 Å². The summed E-state index contributed by atoms with van der Waals surface area (Å²) in [6.07, 6.45) is -4.71. The molecule has 0 spiro atoms. The van der Waals surface area contributed by atoms with Gasteiger partial charge < -0.3 is 0 Å². The molecule has 0 heterocycles. The largest absolute Gasteiger partial charge is 0.423 e. The van der Waals surface area contributed by atoms with Crippen LogP contribution in [0.4, 0.5) is 21.0 Å². The number of nitrogens with zero attached hydrogens (tertiary/aromatic N) is 2. The molecule has 0 unspecified atom stereocenters. The minimum absolute atomic E-state index is 1.65. The predicted molar refractivity (Wildman–Crippen MR) is 50.2 cm³/mol. The Morgan fingerprint density at radius 3 is 1.54 bits per heavy atom. The number of hydrogen-bond donors (Lipinski definition) is 0. The van der Waals surface area contributed by atoms with E-state index >= 15 is 0 Å². The van der Waals surface area contributed by atoms with Gasteiger partial charge in [0.1, 0.15) is 0 Å². The maximum atomic E-state index is 12.3. The summed E-state index contributed by atoms with van der Waals surface area (Å²) < 4.78 is 64.0. The van der Waals surface area contributed by atoms with Crippen LogP contribution in [0, 0.1) is 0 Å². The predicted octanol–water partition coefficient (Wildman–Crippen LogP) is 6.43. The van der Waals surface area contributed by atoms with E-state index in [0.717, 1.165) is 0 Å². The molecule has 13 heteroatoms. The summed E-state index contributed by atoms with van der Waals surface area (Å²) in [5, 5.41) is 0. The summed E-state index contributed by atoms with van der Waals surface area (Å²) in [6.45, 7) is -5.48. The second-order valence-electron chi connectivity index (χ2n) is 1.49. The van der Waals surface area contributed by atoms with Crippen LogP contribution in [0.2, 0.25) is 0 Å². The standard InChI is InChI=1S/Cl2F5N2P3S/c1-10(2,3)8-11(4,5)9-12(6,7)13. The molecule has 0 rings (SSSR count). The first-order valence-corrected chi connectivity index (χ1v) is 9.62. The van der Waals surface area contributed by atoms with Crippen molar-refractivity contribution in [1.82, 2.24) is 0 Å². The Balaban J connectivity index is 5.25. The number of hydrogen-bond acceptors (Lipinski definition) is 1. The lowest BCUT2D eigenvalue weighted by Gasteiger charge is -2.01. The third-order valence-electron chi connectivity index (χ3n) is 0.421. The van der Waals surface area contributed by atoms with E-state index < -0.39 is 20.7 Å². The highest BCUT2D eigenvalue weighted by atomic mass is 35.9. The fourth-order valence-electron chi connectivity index (χ4n) is 0.265. The number of halogens is 7. The molecule has 0 saturated heterocycles. The zero-order chi connectivity index (χ0) is 10.9. The molecule has 0 aliphatic heterocycles. The molecular weight excluding hydrogens is 319 g/mol. The van der Waals surface area contributed by atoms with Gasteiger partial charge in [-0.05, 0) is 34.3 Å². The molecule has 80 valence electrons. The van der Waals surface area contributed by atoms with Gasteiger partial charge in [-0.3, -0.25) is 0 Å². The SMILES string of the molecule is FP(F)(=S)N=P(F)(F)N=P(F)(Cl)Cl. The summed E-state index contributed by atoms with van der Waals surface area (Å²) in [4.78, 5) is 0. The summed E-state index contributed by atoms with van der Waals surface area (Å²) in [7, 11) is -5.83. The van der Waals surface area contributed by atoms with Crippen LogP contribution >= 0.6 is 43.2 Å². The maximum Gasteiger partial charge on any atom is 0.423 e. The Morgan fingerprint density at radius 2 is 1.31 bits per heavy atom. The zero-order valence-electron chi connectivity index (χ0n) is 5.29. The van der Waals surface area contributed by atoms with Gasteiger partial charge in [0.25, 0.3) is 0 Å². The van der Waals surface area contributed by atoms with E-state index in [0.29, 0.717) is 0 Å². The van der Waals surface area contributed by atoms with E-state index in [2.05, 4.69) is 34.3 Å². The molecule has 0 bridgehead atoms. The maximum absolute atomic E-state index is 12.3. The Bertz CT molecular complexity index is 325. The molecule has 13 heavy (non-hydrogen) atoms. The van der Waals surface area contributed by atoms with Gasteiger partial charge in [0, 0.05) is 0 Å². The van der Waals surface area contributed by atoms with E-state index in [1.54, 1.807) is 4.52 Å². The molecule has 0 aliphatic carbocycles. The quantitative estimate of drug-likeness (QED) is 0.425. The highest BCUT2D eigenvalue weighted by Gasteiger charge is 2.27. The molecule has 0 aromatic heterocycles. The van der Waals surface area contributed by atoms with E-state index in [4.69, 9.17) is 0 Å². The minimum atomic E-state index is -5.83. The van der Waals surface area contributed by atoms with Gasteiger partial charge in [-0.1, -0.05) is 0 Å². The summed E-state index contributed by atoms with van der Waals surface area (Å²) >= 11 is 12.3. The van der Waals surface area contributed by atoms with Crippen LogP contribution < -0.4 is 0 Å². The van der Waals surface area contributed by atoms with Gasteiger partial charge in [-0.25, -0.2) is 0 Å². The minimum Gasteiger partial charge on any atom is -0.174 e. The first-order valence-electron chi connectivity index (χ1n) is 2.17. The molecule has 0 aromatic rings. The van der Waals surface area contributed by atoms with Crippen molar-refractivity contribution in [3.05, 3.63) is 0 Å². The van der Waals surface area contributed by atoms with Crippen molar-refractivity contribution in [3.8, 4) is 0 Å². The van der Waals surface area contributed by atoms with Crippen molar-refractivity contribution >= 4 is 55.0 Å². The highest BCUT2D eigenvalue weighted by molar-refractivity contribution is 8.11. The van der Waals surface area contributed by atoms with Crippen LogP contribution in [0.1, 0.15) is 0 Å². The summed E-state index contributed by atoms with van der Waals surface area (Å²) in [6, 6.07) is 0. The van der Waals surface area contributed by atoms with E-state index in [1.807, 2.05) is 4.52 Å². The molecule has 0 aliphatic rings. The van der Waals surface area contributed by atoms with Gasteiger partial charge in [0.15, 0.2) is 0 Å². The van der Waals surface area contributed by atoms with Crippen LogP contribution in [0.5, 0.6) is 0 Å². The van der Waals surface area contributed by atoms with Crippen LogP contribution in [-0.4, -0.2) is 0 Å². The van der Waals surface area contributed by atoms with E-state index in [9.17, 15) is 21.0 Å². The third kappa shape index (κ3) is 9.64. The van der Waals surface area contributed by atoms with Crippen LogP contribution in [0.15, 0.2) is 9.03 Å². The monoisotopic (exact) mass is 318 g/mol. The Kier molecular flexibility index (Phi) is 4.92. The first kappa shape index (κ1) is 14.3. The molecule has 0 aromatic carbocycles. The lowest BCUT2D eigenvalue weighted by atomic mass is 13.9. The van der Waals surface area contributed by atoms with Crippen molar-refractivity contribution < 1.29 is 21.0 Å². The van der Waals surface area contributed by atoms with Crippen molar-refractivity contribution in [2.24, 2.45) is 9.03 Å². The second-order valence-corrected chi connectivity index (χ2v) is 10.1. The summed E-state index contributed by atoms with van der Waals surface area (Å²) in [5.41, 5.74) is 0. The smallest absolute Gasteiger partial charge is 0.174 e. The Hall–Kier alpha value is 1.34. The molecular formula is Cl2F5N2P3S. The van der Waals surface area contributed by atoms with Gasteiger partial charge in [0.05, 0.1) is 0 Å². The lowest BCUT2D eigenvalue weighted by molar-refractivity contribution is 0.710. The van der Waals surface area contributed by atoms with E-state index in [-0.39, 0.29) is 0 Å². The highest BCUT2D eigenvalue weighted by Crippen LogP contribution is 2.75. The fourth-order valence-corrected chi connectivity index (χ4v) is 4.96. The average Bonchev–Trinajstić information content (AvgIpc) is 1.43.